The number of H-pyrrole nitrogens is 1. The maximum atomic E-state index is 11.6. The van der Waals surface area contributed by atoms with Gasteiger partial charge in [0, 0.05) is 31.8 Å². The van der Waals surface area contributed by atoms with E-state index >= 15 is 0 Å². The summed E-state index contributed by atoms with van der Waals surface area (Å²) in [5.41, 5.74) is 0.910. The maximum Gasteiger partial charge on any atom is 0.317 e. The molecule has 3 N–H and O–H groups in total. The molecule has 1 rings (SSSR count). The Kier molecular flexibility index (Phi) is 4.99. The zero-order chi connectivity index (χ0) is 12.7. The van der Waals surface area contributed by atoms with Crippen LogP contribution < -0.4 is 5.32 Å². The number of aliphatic carboxylic acids is 1. The molecule has 7 heteroatoms. The first-order valence-electron chi connectivity index (χ1n) is 5.28. The average Bonchev–Trinajstić information content (AvgIpc) is 2.76. The van der Waals surface area contributed by atoms with Gasteiger partial charge in [0.15, 0.2) is 0 Å². The molecule has 94 valence electrons. The van der Waals surface area contributed by atoms with E-state index in [0.29, 0.717) is 19.5 Å². The smallest absolute Gasteiger partial charge is 0.317 e. The van der Waals surface area contributed by atoms with Crippen molar-refractivity contribution in [1.29, 1.82) is 0 Å². The monoisotopic (exact) mass is 240 g/mol. The summed E-state index contributed by atoms with van der Waals surface area (Å²) in [6, 6.07) is -0.225. The van der Waals surface area contributed by atoms with Gasteiger partial charge in [0.05, 0.1) is 12.7 Å². The quantitative estimate of drug-likeness (QED) is 0.627. The number of carboxylic acid groups (broad SMARTS) is 1. The van der Waals surface area contributed by atoms with Crippen LogP contribution in [0, 0.1) is 0 Å². The number of carbonyl (C=O) groups is 2. The minimum absolute atomic E-state index is 0.0612. The summed E-state index contributed by atoms with van der Waals surface area (Å²) in [6.45, 7) is 0.822. The molecule has 0 unspecified atom stereocenters. The van der Waals surface area contributed by atoms with Crippen LogP contribution >= 0.6 is 0 Å². The molecule has 17 heavy (non-hydrogen) atoms. The molecule has 0 aliphatic heterocycles. The van der Waals surface area contributed by atoms with Gasteiger partial charge in [-0.15, -0.1) is 0 Å². The standard InChI is InChI=1S/C10H16N4O3/c1-14(7-8-5-12-13-6-8)10(17)11-4-2-3-9(15)16/h5-6H,2-4,7H2,1H3,(H,11,17)(H,12,13)(H,15,16). The van der Waals surface area contributed by atoms with Crippen molar-refractivity contribution in [3.8, 4) is 0 Å². The zero-order valence-corrected chi connectivity index (χ0v) is 9.64. The van der Waals surface area contributed by atoms with Crippen LogP contribution in [0.2, 0.25) is 0 Å². The Bertz CT molecular complexity index is 364. The molecule has 0 saturated heterocycles. The molecule has 0 spiro atoms. The Morgan fingerprint density at radius 2 is 2.35 bits per heavy atom. The number of nitrogens with one attached hydrogen (secondary N) is 2. The summed E-state index contributed by atoms with van der Waals surface area (Å²) in [4.78, 5) is 23.3. The molecule has 0 aliphatic carbocycles. The molecule has 0 atom stereocenters. The molecule has 7 nitrogen and oxygen atoms in total. The van der Waals surface area contributed by atoms with Gasteiger partial charge in [-0.05, 0) is 6.42 Å². The Balaban J connectivity index is 2.20. The third-order valence-electron chi connectivity index (χ3n) is 2.16. The number of hydrogen-bond acceptors (Lipinski definition) is 3. The van der Waals surface area contributed by atoms with E-state index in [-0.39, 0.29) is 12.5 Å². The highest BCUT2D eigenvalue weighted by Gasteiger charge is 2.08. The Labute approximate surface area is 98.8 Å². The zero-order valence-electron chi connectivity index (χ0n) is 9.64. The van der Waals surface area contributed by atoms with Crippen molar-refractivity contribution in [1.82, 2.24) is 20.4 Å². The van der Waals surface area contributed by atoms with Crippen LogP contribution in [0.4, 0.5) is 4.79 Å². The third-order valence-corrected chi connectivity index (χ3v) is 2.16. The molecule has 0 radical (unpaired) electrons. The van der Waals surface area contributed by atoms with Crippen LogP contribution in [-0.4, -0.2) is 45.8 Å². The second-order valence-corrected chi connectivity index (χ2v) is 3.69. The van der Waals surface area contributed by atoms with E-state index in [4.69, 9.17) is 5.11 Å². The first-order valence-corrected chi connectivity index (χ1v) is 5.28. The van der Waals surface area contributed by atoms with Crippen LogP contribution in [0.25, 0.3) is 0 Å². The summed E-state index contributed by atoms with van der Waals surface area (Å²) >= 11 is 0. The van der Waals surface area contributed by atoms with Crippen molar-refractivity contribution in [3.05, 3.63) is 18.0 Å². The van der Waals surface area contributed by atoms with Gasteiger partial charge in [0.1, 0.15) is 0 Å². The molecule has 1 aromatic rings. The third kappa shape index (κ3) is 5.01. The van der Waals surface area contributed by atoms with Crippen molar-refractivity contribution in [2.45, 2.75) is 19.4 Å². The van der Waals surface area contributed by atoms with Crippen LogP contribution in [0.15, 0.2) is 12.4 Å². The van der Waals surface area contributed by atoms with E-state index < -0.39 is 5.97 Å². The fourth-order valence-electron chi connectivity index (χ4n) is 1.28. The molecule has 1 heterocycles. The van der Waals surface area contributed by atoms with Crippen molar-refractivity contribution in [3.63, 3.8) is 0 Å². The number of nitrogens with zero attached hydrogens (tertiary/aromatic N) is 2. The number of carbonyl (C=O) groups excluding carboxylic acids is 1. The van der Waals surface area contributed by atoms with Gasteiger partial charge >= 0.3 is 12.0 Å². The average molecular weight is 240 g/mol. The summed E-state index contributed by atoms with van der Waals surface area (Å²) in [5, 5.41) is 17.5. The minimum Gasteiger partial charge on any atom is -0.481 e. The molecule has 0 aliphatic rings. The summed E-state index contributed by atoms with van der Waals surface area (Å²) in [7, 11) is 1.67. The fraction of sp³-hybridized carbons (Fsp3) is 0.500. The van der Waals surface area contributed by atoms with Gasteiger partial charge in [0.2, 0.25) is 0 Å². The van der Waals surface area contributed by atoms with Gasteiger partial charge in [-0.1, -0.05) is 0 Å². The number of hydrogen-bond donors (Lipinski definition) is 3. The van der Waals surface area contributed by atoms with Crippen molar-refractivity contribution < 1.29 is 14.7 Å². The fourth-order valence-corrected chi connectivity index (χ4v) is 1.28. The van der Waals surface area contributed by atoms with Gasteiger partial charge in [-0.2, -0.15) is 5.10 Å². The van der Waals surface area contributed by atoms with Gasteiger partial charge in [-0.25, -0.2) is 4.79 Å². The second kappa shape index (κ2) is 6.51. The maximum absolute atomic E-state index is 11.6. The van der Waals surface area contributed by atoms with Gasteiger partial charge < -0.3 is 15.3 Å². The normalized spacial score (nSPS) is 9.94. The molecule has 0 fully saturated rings. The second-order valence-electron chi connectivity index (χ2n) is 3.69. The van der Waals surface area contributed by atoms with Crippen molar-refractivity contribution in [2.75, 3.05) is 13.6 Å². The van der Waals surface area contributed by atoms with E-state index in [0.717, 1.165) is 5.56 Å². The number of carboxylic acids is 1. The number of aromatic amines is 1. The van der Waals surface area contributed by atoms with E-state index in [1.807, 2.05) is 0 Å². The highest BCUT2D eigenvalue weighted by atomic mass is 16.4. The largest absolute Gasteiger partial charge is 0.481 e. The molecule has 0 saturated carbocycles. The molecular weight excluding hydrogens is 224 g/mol. The van der Waals surface area contributed by atoms with Crippen LogP contribution in [0.3, 0.4) is 0 Å². The number of urea groups is 1. The number of rotatable bonds is 6. The van der Waals surface area contributed by atoms with E-state index in [1.165, 1.54) is 4.90 Å². The lowest BCUT2D eigenvalue weighted by Gasteiger charge is -2.16. The van der Waals surface area contributed by atoms with Crippen LogP contribution in [0.5, 0.6) is 0 Å². The first-order chi connectivity index (χ1) is 8.09. The summed E-state index contributed by atoms with van der Waals surface area (Å²) in [5.74, 6) is -0.856. The lowest BCUT2D eigenvalue weighted by molar-refractivity contribution is -0.137. The highest BCUT2D eigenvalue weighted by Crippen LogP contribution is 1.99. The van der Waals surface area contributed by atoms with Gasteiger partial charge in [0.25, 0.3) is 0 Å². The molecule has 1 aromatic heterocycles. The number of amides is 2. The van der Waals surface area contributed by atoms with E-state index in [1.54, 1.807) is 19.4 Å². The van der Waals surface area contributed by atoms with E-state index in [2.05, 4.69) is 15.5 Å². The Morgan fingerprint density at radius 1 is 1.59 bits per heavy atom. The Hall–Kier alpha value is -2.05. The molecule has 2 amide bonds. The molecule has 0 aromatic carbocycles. The van der Waals surface area contributed by atoms with Gasteiger partial charge in [-0.3, -0.25) is 9.89 Å². The topological polar surface area (TPSA) is 98.3 Å². The predicted molar refractivity (Wildman–Crippen MR) is 60.3 cm³/mol. The molecule has 0 bridgehead atoms. The van der Waals surface area contributed by atoms with Crippen molar-refractivity contribution >= 4 is 12.0 Å². The highest BCUT2D eigenvalue weighted by molar-refractivity contribution is 5.73. The SMILES string of the molecule is CN(Cc1cn[nH]c1)C(=O)NCCCC(=O)O. The van der Waals surface area contributed by atoms with Crippen LogP contribution in [-0.2, 0) is 11.3 Å². The summed E-state index contributed by atoms with van der Waals surface area (Å²) in [6.07, 6.45) is 3.86. The first kappa shape index (κ1) is 13.0. The van der Waals surface area contributed by atoms with E-state index in [9.17, 15) is 9.59 Å². The molecular formula is C10H16N4O3. The summed E-state index contributed by atoms with van der Waals surface area (Å²) < 4.78 is 0. The Morgan fingerprint density at radius 3 is 2.94 bits per heavy atom. The van der Waals surface area contributed by atoms with Crippen LogP contribution in [0.1, 0.15) is 18.4 Å². The minimum atomic E-state index is -0.856. The lowest BCUT2D eigenvalue weighted by Crippen LogP contribution is -2.37. The van der Waals surface area contributed by atoms with Crippen molar-refractivity contribution in [2.24, 2.45) is 0 Å². The predicted octanol–water partition coefficient (Wildman–Crippen LogP) is 0.416. The lowest BCUT2D eigenvalue weighted by atomic mass is 10.3. The number of aromatic nitrogens is 2.